The monoisotopic (exact) mass is 515 g/mol. The lowest BCUT2D eigenvalue weighted by molar-refractivity contribution is -0.127. The lowest BCUT2D eigenvalue weighted by Crippen LogP contribution is -2.36. The number of aryl methyl sites for hydroxylation is 2. The van der Waals surface area contributed by atoms with Gasteiger partial charge in [0, 0.05) is 11.4 Å². The number of nitrogens with one attached hydrogen (secondary N) is 2. The minimum Gasteiger partial charge on any atom is -0.484 e. The molecule has 0 atom stereocenters. The predicted octanol–water partition coefficient (Wildman–Crippen LogP) is 5.00. The number of hydrogen-bond acceptors (Lipinski definition) is 6. The molecule has 8 nitrogen and oxygen atoms in total. The summed E-state index contributed by atoms with van der Waals surface area (Å²) in [6.45, 7) is 3.30. The summed E-state index contributed by atoms with van der Waals surface area (Å²) in [5.41, 5.74) is 3.97. The molecule has 1 saturated heterocycles. The first-order chi connectivity index (χ1) is 17.8. The van der Waals surface area contributed by atoms with Gasteiger partial charge in [-0.15, -0.1) is 0 Å². The largest absolute Gasteiger partial charge is 0.484 e. The van der Waals surface area contributed by atoms with Crippen LogP contribution < -0.4 is 15.4 Å². The van der Waals surface area contributed by atoms with Gasteiger partial charge < -0.3 is 15.4 Å². The number of rotatable bonds is 8. The first kappa shape index (κ1) is 25.7. The van der Waals surface area contributed by atoms with E-state index in [9.17, 15) is 19.2 Å². The zero-order chi connectivity index (χ0) is 26.4. The number of nitrogens with zero attached hydrogens (tertiary/aromatic N) is 1. The van der Waals surface area contributed by atoms with E-state index < -0.39 is 17.1 Å². The molecule has 0 aromatic heterocycles. The van der Waals surface area contributed by atoms with Gasteiger partial charge in [-0.05, 0) is 73.1 Å². The van der Waals surface area contributed by atoms with Gasteiger partial charge >= 0.3 is 0 Å². The van der Waals surface area contributed by atoms with Crippen LogP contribution in [-0.4, -0.2) is 41.0 Å². The summed E-state index contributed by atoms with van der Waals surface area (Å²) in [6, 6.07) is 21.5. The third-order valence-corrected chi connectivity index (χ3v) is 6.38. The molecule has 3 aromatic rings. The van der Waals surface area contributed by atoms with Gasteiger partial charge in [0.15, 0.2) is 6.61 Å². The maximum atomic E-state index is 12.8. The van der Waals surface area contributed by atoms with E-state index in [1.54, 1.807) is 42.5 Å². The van der Waals surface area contributed by atoms with Crippen molar-refractivity contribution in [3.63, 3.8) is 0 Å². The fourth-order valence-electron chi connectivity index (χ4n) is 3.48. The zero-order valence-electron chi connectivity index (χ0n) is 20.3. The maximum absolute atomic E-state index is 12.8. The molecule has 37 heavy (non-hydrogen) atoms. The Bertz CT molecular complexity index is 1370. The number of thioether (sulfide) groups is 1. The maximum Gasteiger partial charge on any atom is 0.294 e. The number of para-hydroxylation sites is 1. The van der Waals surface area contributed by atoms with E-state index in [-0.39, 0.29) is 24.0 Å². The predicted molar refractivity (Wildman–Crippen MR) is 144 cm³/mol. The summed E-state index contributed by atoms with van der Waals surface area (Å²) in [5.74, 6) is -0.779. The highest BCUT2D eigenvalue weighted by Gasteiger charge is 2.36. The average molecular weight is 516 g/mol. The van der Waals surface area contributed by atoms with E-state index in [1.807, 2.05) is 50.2 Å². The summed E-state index contributed by atoms with van der Waals surface area (Å²) in [7, 11) is 0. The van der Waals surface area contributed by atoms with Gasteiger partial charge in [0.1, 0.15) is 12.3 Å². The minimum atomic E-state index is -0.525. The number of anilines is 2. The van der Waals surface area contributed by atoms with E-state index in [0.29, 0.717) is 22.7 Å². The van der Waals surface area contributed by atoms with Crippen molar-refractivity contribution in [2.45, 2.75) is 13.8 Å². The summed E-state index contributed by atoms with van der Waals surface area (Å²) < 4.78 is 5.53. The highest BCUT2D eigenvalue weighted by molar-refractivity contribution is 8.18. The average Bonchev–Trinajstić information content (AvgIpc) is 3.13. The molecule has 0 unspecified atom stereocenters. The summed E-state index contributed by atoms with van der Waals surface area (Å²) >= 11 is 0.783. The summed E-state index contributed by atoms with van der Waals surface area (Å²) in [5, 5.41) is 4.99. The Morgan fingerprint density at radius 2 is 1.59 bits per heavy atom. The SMILES string of the molecule is Cc1ccc(NC(=O)COc2ccc(/C=C3/SC(=O)N(CC(=O)Nc4ccccc4C)C3=O)cc2)cc1. The van der Waals surface area contributed by atoms with E-state index in [0.717, 1.165) is 27.8 Å². The Morgan fingerprint density at radius 1 is 0.892 bits per heavy atom. The quantitative estimate of drug-likeness (QED) is 0.409. The lowest BCUT2D eigenvalue weighted by Gasteiger charge is -2.13. The van der Waals surface area contributed by atoms with Crippen molar-refractivity contribution in [2.24, 2.45) is 0 Å². The van der Waals surface area contributed by atoms with Gasteiger partial charge in [-0.1, -0.05) is 48.0 Å². The molecule has 1 fully saturated rings. The molecule has 1 aliphatic heterocycles. The van der Waals surface area contributed by atoms with Crippen LogP contribution in [0.1, 0.15) is 16.7 Å². The lowest BCUT2D eigenvalue weighted by atomic mass is 10.2. The van der Waals surface area contributed by atoms with E-state index in [4.69, 9.17) is 4.74 Å². The third kappa shape index (κ3) is 6.86. The second kappa shape index (κ2) is 11.6. The van der Waals surface area contributed by atoms with Crippen LogP contribution >= 0.6 is 11.8 Å². The van der Waals surface area contributed by atoms with Gasteiger partial charge in [-0.25, -0.2) is 0 Å². The number of carbonyl (C=O) groups is 4. The third-order valence-electron chi connectivity index (χ3n) is 5.48. The second-order valence-corrected chi connectivity index (χ2v) is 9.40. The number of hydrogen-bond donors (Lipinski definition) is 2. The van der Waals surface area contributed by atoms with E-state index in [2.05, 4.69) is 10.6 Å². The molecule has 0 saturated carbocycles. The molecular formula is C28H25N3O5S. The molecule has 0 bridgehead atoms. The molecule has 1 heterocycles. The number of ether oxygens (including phenoxy) is 1. The fraction of sp³-hybridized carbons (Fsp3) is 0.143. The number of imide groups is 1. The van der Waals surface area contributed by atoms with Crippen LogP contribution in [0.3, 0.4) is 0 Å². The molecular weight excluding hydrogens is 490 g/mol. The van der Waals surface area contributed by atoms with Crippen LogP contribution in [0.4, 0.5) is 16.2 Å². The topological polar surface area (TPSA) is 105 Å². The molecule has 9 heteroatoms. The number of amides is 4. The van der Waals surface area contributed by atoms with Crippen molar-refractivity contribution in [3.8, 4) is 5.75 Å². The standard InChI is InChI=1S/C28H25N3O5S/c1-18-7-11-21(12-8-18)29-26(33)17-36-22-13-9-20(10-14-22)15-24-27(34)31(28(35)37-24)16-25(32)30-23-6-4-3-5-19(23)2/h3-15H,16-17H2,1-2H3,(H,29,33)(H,30,32)/b24-15+. The molecule has 188 valence electrons. The molecule has 2 N–H and O–H groups in total. The summed E-state index contributed by atoms with van der Waals surface area (Å²) in [4.78, 5) is 50.8. The first-order valence-corrected chi connectivity index (χ1v) is 12.3. The summed E-state index contributed by atoms with van der Waals surface area (Å²) in [6.07, 6.45) is 1.58. The Hall–Kier alpha value is -4.37. The highest BCUT2D eigenvalue weighted by Crippen LogP contribution is 2.32. The molecule has 1 aliphatic rings. The number of carbonyl (C=O) groups excluding carboxylic acids is 4. The Labute approximate surface area is 218 Å². The number of benzene rings is 3. The van der Waals surface area contributed by atoms with Crippen molar-refractivity contribution in [3.05, 3.63) is 94.4 Å². The van der Waals surface area contributed by atoms with Crippen molar-refractivity contribution in [2.75, 3.05) is 23.8 Å². The fourth-order valence-corrected chi connectivity index (χ4v) is 4.32. The molecule has 0 aliphatic carbocycles. The van der Waals surface area contributed by atoms with Crippen molar-refractivity contribution >= 4 is 52.2 Å². The smallest absolute Gasteiger partial charge is 0.294 e. The van der Waals surface area contributed by atoms with Crippen LogP contribution in [0.25, 0.3) is 6.08 Å². The van der Waals surface area contributed by atoms with Crippen LogP contribution in [0.2, 0.25) is 0 Å². The Balaban J connectivity index is 1.31. The molecule has 0 radical (unpaired) electrons. The van der Waals surface area contributed by atoms with Crippen molar-refractivity contribution in [1.29, 1.82) is 0 Å². The normalized spacial score (nSPS) is 14.1. The molecule has 4 rings (SSSR count). The van der Waals surface area contributed by atoms with E-state index in [1.165, 1.54) is 0 Å². The molecule has 4 amide bonds. The van der Waals surface area contributed by atoms with Crippen LogP contribution in [-0.2, 0) is 14.4 Å². The molecule has 3 aromatic carbocycles. The van der Waals surface area contributed by atoms with Gasteiger partial charge in [-0.2, -0.15) is 0 Å². The Kier molecular flexibility index (Phi) is 8.05. The van der Waals surface area contributed by atoms with Crippen LogP contribution in [0.15, 0.2) is 77.7 Å². The minimum absolute atomic E-state index is 0.156. The second-order valence-electron chi connectivity index (χ2n) is 8.40. The zero-order valence-corrected chi connectivity index (χ0v) is 21.1. The van der Waals surface area contributed by atoms with Crippen LogP contribution in [0, 0.1) is 13.8 Å². The van der Waals surface area contributed by atoms with Crippen LogP contribution in [0.5, 0.6) is 5.75 Å². The first-order valence-electron chi connectivity index (χ1n) is 11.5. The Morgan fingerprint density at radius 3 is 2.30 bits per heavy atom. The van der Waals surface area contributed by atoms with Crippen molar-refractivity contribution in [1.82, 2.24) is 4.90 Å². The van der Waals surface area contributed by atoms with Gasteiger partial charge in [0.25, 0.3) is 17.1 Å². The van der Waals surface area contributed by atoms with Crippen molar-refractivity contribution < 1.29 is 23.9 Å². The highest BCUT2D eigenvalue weighted by atomic mass is 32.2. The van der Waals surface area contributed by atoms with Gasteiger partial charge in [-0.3, -0.25) is 24.1 Å². The van der Waals surface area contributed by atoms with Gasteiger partial charge in [0.05, 0.1) is 4.91 Å². The van der Waals surface area contributed by atoms with Gasteiger partial charge in [0.2, 0.25) is 5.91 Å². The van der Waals surface area contributed by atoms with E-state index >= 15 is 0 Å². The molecule has 0 spiro atoms.